The minimum absolute atomic E-state index is 0.130. The Hall–Kier alpha value is -2.11. The molecule has 1 aromatic heterocycles. The number of amides is 1. The molecule has 0 radical (unpaired) electrons. The SMILES string of the molecule is CC(C)N(CC(=O)O)C(=O)c1cncc(O)c1. The predicted molar refractivity (Wildman–Crippen MR) is 59.7 cm³/mol. The van der Waals surface area contributed by atoms with E-state index in [0.717, 1.165) is 0 Å². The van der Waals surface area contributed by atoms with E-state index in [4.69, 9.17) is 5.11 Å². The van der Waals surface area contributed by atoms with Gasteiger partial charge in [0.25, 0.3) is 5.91 Å². The molecule has 0 aliphatic heterocycles. The summed E-state index contributed by atoms with van der Waals surface area (Å²) in [5, 5.41) is 17.9. The molecule has 0 bridgehead atoms. The van der Waals surface area contributed by atoms with E-state index in [1.165, 1.54) is 23.4 Å². The number of carbonyl (C=O) groups excluding carboxylic acids is 1. The van der Waals surface area contributed by atoms with Crippen LogP contribution in [0.2, 0.25) is 0 Å². The number of carboxylic acids is 1. The van der Waals surface area contributed by atoms with E-state index in [-0.39, 0.29) is 23.9 Å². The van der Waals surface area contributed by atoms with Crippen LogP contribution in [-0.4, -0.2) is 44.6 Å². The molecule has 6 nitrogen and oxygen atoms in total. The van der Waals surface area contributed by atoms with Gasteiger partial charge >= 0.3 is 5.97 Å². The van der Waals surface area contributed by atoms with Gasteiger partial charge < -0.3 is 15.1 Å². The second kappa shape index (κ2) is 5.29. The maximum absolute atomic E-state index is 12.0. The van der Waals surface area contributed by atoms with Crippen molar-refractivity contribution in [3.63, 3.8) is 0 Å². The third-order valence-electron chi connectivity index (χ3n) is 2.16. The number of hydrogen-bond acceptors (Lipinski definition) is 4. The van der Waals surface area contributed by atoms with Crippen molar-refractivity contribution in [2.24, 2.45) is 0 Å². The molecule has 92 valence electrons. The quantitative estimate of drug-likeness (QED) is 0.806. The van der Waals surface area contributed by atoms with Crippen molar-refractivity contribution in [2.75, 3.05) is 6.54 Å². The van der Waals surface area contributed by atoms with Crippen LogP contribution in [-0.2, 0) is 4.79 Å². The van der Waals surface area contributed by atoms with Gasteiger partial charge in [0.1, 0.15) is 12.3 Å². The highest BCUT2D eigenvalue weighted by atomic mass is 16.4. The van der Waals surface area contributed by atoms with Gasteiger partial charge in [0.05, 0.1) is 11.8 Å². The van der Waals surface area contributed by atoms with E-state index in [1.54, 1.807) is 13.8 Å². The molecule has 0 aliphatic carbocycles. The predicted octanol–water partition coefficient (Wildman–Crippen LogP) is 0.722. The summed E-state index contributed by atoms with van der Waals surface area (Å²) in [5.74, 6) is -1.68. The molecule has 1 aromatic rings. The third kappa shape index (κ3) is 3.44. The van der Waals surface area contributed by atoms with Crippen LogP contribution in [0.3, 0.4) is 0 Å². The molecule has 0 saturated carbocycles. The fraction of sp³-hybridized carbons (Fsp3) is 0.364. The monoisotopic (exact) mass is 238 g/mol. The van der Waals surface area contributed by atoms with E-state index in [9.17, 15) is 14.7 Å². The Bertz CT molecular complexity index is 431. The zero-order chi connectivity index (χ0) is 13.0. The molecule has 17 heavy (non-hydrogen) atoms. The zero-order valence-electron chi connectivity index (χ0n) is 9.62. The standard InChI is InChI=1S/C11H14N2O4/c1-7(2)13(6-10(15)16)11(17)8-3-9(14)5-12-4-8/h3-5,7,14H,6H2,1-2H3,(H,15,16). The van der Waals surface area contributed by atoms with Crippen LogP contribution < -0.4 is 0 Å². The summed E-state index contributed by atoms with van der Waals surface area (Å²) in [6.07, 6.45) is 2.49. The summed E-state index contributed by atoms with van der Waals surface area (Å²) in [6.45, 7) is 3.06. The first kappa shape index (κ1) is 13.0. The number of carbonyl (C=O) groups is 2. The number of aromatic hydroxyl groups is 1. The summed E-state index contributed by atoms with van der Waals surface area (Å²) in [7, 11) is 0. The molecule has 0 unspecified atom stereocenters. The highest BCUT2D eigenvalue weighted by Gasteiger charge is 2.21. The Morgan fingerprint density at radius 3 is 2.53 bits per heavy atom. The Morgan fingerprint density at radius 1 is 1.41 bits per heavy atom. The molecule has 0 aliphatic rings. The van der Waals surface area contributed by atoms with Crippen LogP contribution in [0.5, 0.6) is 5.75 Å². The van der Waals surface area contributed by atoms with Crippen LogP contribution in [0.25, 0.3) is 0 Å². The second-order valence-electron chi connectivity index (χ2n) is 3.85. The third-order valence-corrected chi connectivity index (χ3v) is 2.16. The first-order valence-electron chi connectivity index (χ1n) is 5.08. The van der Waals surface area contributed by atoms with Crippen molar-refractivity contribution < 1.29 is 19.8 Å². The summed E-state index contributed by atoms with van der Waals surface area (Å²) < 4.78 is 0. The Morgan fingerprint density at radius 2 is 2.06 bits per heavy atom. The van der Waals surface area contributed by atoms with E-state index < -0.39 is 11.9 Å². The average Bonchev–Trinajstić information content (AvgIpc) is 2.24. The largest absolute Gasteiger partial charge is 0.506 e. The van der Waals surface area contributed by atoms with Gasteiger partial charge in [0.15, 0.2) is 0 Å². The van der Waals surface area contributed by atoms with Crippen LogP contribution in [0.15, 0.2) is 18.5 Å². The fourth-order valence-electron chi connectivity index (χ4n) is 1.35. The smallest absolute Gasteiger partial charge is 0.323 e. The first-order valence-corrected chi connectivity index (χ1v) is 5.08. The Labute approximate surface area is 98.5 Å². The number of carboxylic acid groups (broad SMARTS) is 1. The highest BCUT2D eigenvalue weighted by Crippen LogP contribution is 2.12. The molecule has 0 aromatic carbocycles. The van der Waals surface area contributed by atoms with Crippen molar-refractivity contribution in [1.29, 1.82) is 0 Å². The van der Waals surface area contributed by atoms with Gasteiger partial charge in [0.2, 0.25) is 0 Å². The maximum atomic E-state index is 12.0. The van der Waals surface area contributed by atoms with E-state index in [1.807, 2.05) is 0 Å². The van der Waals surface area contributed by atoms with Gasteiger partial charge in [-0.1, -0.05) is 0 Å². The van der Waals surface area contributed by atoms with Gasteiger partial charge in [-0.05, 0) is 19.9 Å². The molecule has 0 atom stereocenters. The summed E-state index contributed by atoms with van der Waals surface area (Å²) >= 11 is 0. The first-order chi connectivity index (χ1) is 7.91. The van der Waals surface area contributed by atoms with Gasteiger partial charge in [-0.15, -0.1) is 0 Å². The van der Waals surface area contributed by atoms with Crippen LogP contribution in [0.4, 0.5) is 0 Å². The molecule has 6 heteroatoms. The van der Waals surface area contributed by atoms with E-state index >= 15 is 0 Å². The number of hydrogen-bond donors (Lipinski definition) is 2. The number of aromatic nitrogens is 1. The zero-order valence-corrected chi connectivity index (χ0v) is 9.62. The van der Waals surface area contributed by atoms with Gasteiger partial charge in [-0.25, -0.2) is 0 Å². The average molecular weight is 238 g/mol. The molecular formula is C11H14N2O4. The van der Waals surface area contributed by atoms with Crippen molar-refractivity contribution in [3.05, 3.63) is 24.0 Å². The number of aliphatic carboxylic acids is 1. The highest BCUT2D eigenvalue weighted by molar-refractivity contribution is 5.96. The Balaban J connectivity index is 2.95. The van der Waals surface area contributed by atoms with E-state index in [0.29, 0.717) is 0 Å². The Kier molecular flexibility index (Phi) is 4.03. The lowest BCUT2D eigenvalue weighted by atomic mass is 10.2. The molecule has 1 heterocycles. The van der Waals surface area contributed by atoms with E-state index in [2.05, 4.69) is 4.98 Å². The second-order valence-corrected chi connectivity index (χ2v) is 3.85. The summed E-state index contributed by atoms with van der Waals surface area (Å²) in [5.41, 5.74) is 0.167. The fourth-order valence-corrected chi connectivity index (χ4v) is 1.35. The van der Waals surface area contributed by atoms with Gasteiger partial charge in [-0.3, -0.25) is 14.6 Å². The van der Waals surface area contributed by atoms with Gasteiger partial charge in [-0.2, -0.15) is 0 Å². The normalized spacial score (nSPS) is 10.3. The molecule has 1 amide bonds. The molecule has 1 rings (SSSR count). The van der Waals surface area contributed by atoms with Crippen LogP contribution >= 0.6 is 0 Å². The van der Waals surface area contributed by atoms with Crippen molar-refractivity contribution >= 4 is 11.9 Å². The van der Waals surface area contributed by atoms with Gasteiger partial charge in [0, 0.05) is 12.2 Å². The topological polar surface area (TPSA) is 90.7 Å². The van der Waals surface area contributed by atoms with Crippen LogP contribution in [0.1, 0.15) is 24.2 Å². The number of rotatable bonds is 4. The molecule has 0 saturated heterocycles. The van der Waals surface area contributed by atoms with Crippen molar-refractivity contribution in [3.8, 4) is 5.75 Å². The van der Waals surface area contributed by atoms with Crippen molar-refractivity contribution in [2.45, 2.75) is 19.9 Å². The summed E-state index contributed by atoms with van der Waals surface area (Å²) in [4.78, 5) is 27.5. The number of pyridine rings is 1. The summed E-state index contributed by atoms with van der Waals surface area (Å²) in [6, 6.07) is 1.01. The molecule has 0 fully saturated rings. The minimum Gasteiger partial charge on any atom is -0.506 e. The van der Waals surface area contributed by atoms with Crippen LogP contribution in [0, 0.1) is 0 Å². The lowest BCUT2D eigenvalue weighted by molar-refractivity contribution is -0.138. The molecule has 2 N–H and O–H groups in total. The lowest BCUT2D eigenvalue weighted by Gasteiger charge is -2.24. The maximum Gasteiger partial charge on any atom is 0.323 e. The minimum atomic E-state index is -1.08. The van der Waals surface area contributed by atoms with Crippen molar-refractivity contribution in [1.82, 2.24) is 9.88 Å². The number of nitrogens with zero attached hydrogens (tertiary/aromatic N) is 2. The molecule has 0 spiro atoms. The molecular weight excluding hydrogens is 224 g/mol. The lowest BCUT2D eigenvalue weighted by Crippen LogP contribution is -2.40.